The van der Waals surface area contributed by atoms with Gasteiger partial charge >= 0.3 is 6.03 Å². The van der Waals surface area contributed by atoms with Gasteiger partial charge in [0.2, 0.25) is 0 Å². The lowest BCUT2D eigenvalue weighted by Gasteiger charge is -2.26. The van der Waals surface area contributed by atoms with Crippen LogP contribution in [0.15, 0.2) is 95.0 Å². The molecule has 0 aliphatic carbocycles. The molecule has 1 heterocycles. The number of ether oxygens (including phenoxy) is 4. The van der Waals surface area contributed by atoms with Gasteiger partial charge in [0.25, 0.3) is 17.5 Å². The number of nitrogens with zero attached hydrogens (tertiary/aromatic N) is 2. The molecule has 12 nitrogen and oxygen atoms in total. The number of imide groups is 2. The molecule has 0 radical (unpaired) electrons. The van der Waals surface area contributed by atoms with Crippen molar-refractivity contribution in [3.05, 3.63) is 122 Å². The minimum atomic E-state index is -0.976. The fourth-order valence-electron chi connectivity index (χ4n) is 4.56. The first-order chi connectivity index (χ1) is 22.2. The number of barbiturate groups is 1. The average molecular weight is 688 g/mol. The normalized spacial score (nSPS) is 13.8. The predicted octanol–water partition coefficient (Wildman–Crippen LogP) is 6.20. The zero-order valence-corrected chi connectivity index (χ0v) is 26.1. The third-order valence-corrected chi connectivity index (χ3v) is 7.42. The van der Waals surface area contributed by atoms with E-state index in [1.165, 1.54) is 25.3 Å². The molecule has 0 aromatic heterocycles. The molecule has 13 heteroatoms. The smallest absolute Gasteiger partial charge is 0.335 e. The summed E-state index contributed by atoms with van der Waals surface area (Å²) in [6.07, 6.45) is 1.30. The number of carbonyl (C=O) groups is 3. The number of non-ortho nitro benzene ring substituents is 1. The van der Waals surface area contributed by atoms with E-state index in [0.717, 1.165) is 28.2 Å². The van der Waals surface area contributed by atoms with Crippen molar-refractivity contribution in [1.82, 2.24) is 5.32 Å². The summed E-state index contributed by atoms with van der Waals surface area (Å²) in [4.78, 5) is 49.6. The van der Waals surface area contributed by atoms with Crippen LogP contribution in [0.4, 0.5) is 16.2 Å². The van der Waals surface area contributed by atoms with E-state index in [9.17, 15) is 24.5 Å². The minimum Gasteiger partial charge on any atom is -0.493 e. The number of nitrogens with one attached hydrogen (secondary N) is 1. The third kappa shape index (κ3) is 7.00. The number of methoxy groups -OCH3 is 2. The summed E-state index contributed by atoms with van der Waals surface area (Å²) in [5.74, 6) is 0.0121. The Bertz CT molecular complexity index is 1840. The van der Waals surface area contributed by atoms with E-state index in [2.05, 4.69) is 21.2 Å². The van der Waals surface area contributed by atoms with Crippen molar-refractivity contribution in [3.8, 4) is 23.0 Å². The molecule has 4 aromatic carbocycles. The molecular weight excluding hydrogens is 662 g/mol. The number of rotatable bonds is 11. The first-order valence-corrected chi connectivity index (χ1v) is 14.5. The SMILES string of the molecule is COc1cc(COc2c(Br)cc(/C=C3/C(=O)NC(=O)N(c4ccc([N+](=O)[O-])cc4)C3=O)cc2OC)ccc1OCc1ccccc1. The highest BCUT2D eigenvalue weighted by Crippen LogP contribution is 2.39. The van der Waals surface area contributed by atoms with Crippen LogP contribution in [0.5, 0.6) is 23.0 Å². The maximum absolute atomic E-state index is 13.3. The van der Waals surface area contributed by atoms with Crippen molar-refractivity contribution in [2.24, 2.45) is 0 Å². The van der Waals surface area contributed by atoms with E-state index in [1.807, 2.05) is 42.5 Å². The van der Waals surface area contributed by atoms with Crippen LogP contribution < -0.4 is 29.2 Å². The Morgan fingerprint density at radius 3 is 2.20 bits per heavy atom. The second kappa shape index (κ2) is 13.9. The first kappa shape index (κ1) is 31.7. The van der Waals surface area contributed by atoms with E-state index >= 15 is 0 Å². The topological polar surface area (TPSA) is 147 Å². The van der Waals surface area contributed by atoms with Crippen molar-refractivity contribution >= 4 is 51.2 Å². The summed E-state index contributed by atoms with van der Waals surface area (Å²) in [6, 6.07) is 22.3. The molecular formula is C33H26BrN3O9. The molecule has 0 bridgehead atoms. The van der Waals surface area contributed by atoms with Gasteiger partial charge in [-0.2, -0.15) is 0 Å². The number of benzene rings is 4. The summed E-state index contributed by atoms with van der Waals surface area (Å²) >= 11 is 3.48. The minimum absolute atomic E-state index is 0.0569. The second-order valence-corrected chi connectivity index (χ2v) is 10.7. The van der Waals surface area contributed by atoms with Crippen LogP contribution in [0, 0.1) is 10.1 Å². The van der Waals surface area contributed by atoms with Gasteiger partial charge in [-0.3, -0.25) is 25.0 Å². The molecule has 4 aromatic rings. The van der Waals surface area contributed by atoms with Crippen LogP contribution in [0.2, 0.25) is 0 Å². The van der Waals surface area contributed by atoms with Crippen molar-refractivity contribution in [2.45, 2.75) is 13.2 Å². The number of carbonyl (C=O) groups excluding carboxylic acids is 3. The van der Waals surface area contributed by atoms with Gasteiger partial charge in [-0.15, -0.1) is 0 Å². The molecule has 1 N–H and O–H groups in total. The van der Waals surface area contributed by atoms with Crippen molar-refractivity contribution in [3.63, 3.8) is 0 Å². The summed E-state index contributed by atoms with van der Waals surface area (Å²) in [5, 5.41) is 13.1. The van der Waals surface area contributed by atoms with Crippen molar-refractivity contribution < 1.29 is 38.3 Å². The molecule has 1 aliphatic heterocycles. The molecule has 0 saturated carbocycles. The van der Waals surface area contributed by atoms with Crippen molar-refractivity contribution in [1.29, 1.82) is 0 Å². The van der Waals surface area contributed by atoms with Gasteiger partial charge in [-0.1, -0.05) is 36.4 Å². The van der Waals surface area contributed by atoms with Crippen LogP contribution in [-0.4, -0.2) is 37.0 Å². The highest BCUT2D eigenvalue weighted by atomic mass is 79.9. The molecule has 234 valence electrons. The van der Waals surface area contributed by atoms with E-state index in [1.54, 1.807) is 25.3 Å². The van der Waals surface area contributed by atoms with E-state index in [0.29, 0.717) is 39.6 Å². The van der Waals surface area contributed by atoms with E-state index in [4.69, 9.17) is 18.9 Å². The number of hydrogen-bond acceptors (Lipinski definition) is 9. The van der Waals surface area contributed by atoms with Gasteiger partial charge in [0.1, 0.15) is 18.8 Å². The number of nitro groups is 1. The van der Waals surface area contributed by atoms with Crippen LogP contribution in [-0.2, 0) is 22.8 Å². The highest BCUT2D eigenvalue weighted by molar-refractivity contribution is 9.10. The lowest BCUT2D eigenvalue weighted by Crippen LogP contribution is -2.54. The molecule has 0 unspecified atom stereocenters. The molecule has 1 fully saturated rings. The lowest BCUT2D eigenvalue weighted by molar-refractivity contribution is -0.384. The molecule has 5 rings (SSSR count). The average Bonchev–Trinajstić information content (AvgIpc) is 3.05. The first-order valence-electron chi connectivity index (χ1n) is 13.7. The largest absolute Gasteiger partial charge is 0.493 e. The van der Waals surface area contributed by atoms with Crippen LogP contribution in [0.1, 0.15) is 16.7 Å². The number of hydrogen-bond donors (Lipinski definition) is 1. The van der Waals surface area contributed by atoms with E-state index < -0.39 is 22.8 Å². The fourth-order valence-corrected chi connectivity index (χ4v) is 5.13. The maximum Gasteiger partial charge on any atom is 0.335 e. The predicted molar refractivity (Wildman–Crippen MR) is 171 cm³/mol. The molecule has 4 amide bonds. The summed E-state index contributed by atoms with van der Waals surface area (Å²) in [6.45, 7) is 0.538. The van der Waals surface area contributed by atoms with Gasteiger partial charge in [-0.05, 0) is 75.1 Å². The number of halogens is 1. The number of urea groups is 1. The maximum atomic E-state index is 13.3. The number of nitro benzene ring substituents is 1. The Kier molecular flexibility index (Phi) is 9.62. The standard InChI is InChI=1S/C33H26BrN3O9/c1-43-28-16-21(8-13-27(28)45-18-20-6-4-3-5-7-20)19-46-30-26(34)15-22(17-29(30)44-2)14-25-31(38)35-33(40)36(32(25)39)23-9-11-24(12-10-23)37(41)42/h3-17H,18-19H2,1-2H3,(H,35,38,40)/b25-14-. The molecule has 1 aliphatic rings. The van der Waals surface area contributed by atoms with Crippen LogP contribution in [0.25, 0.3) is 6.08 Å². The third-order valence-electron chi connectivity index (χ3n) is 6.83. The Morgan fingerprint density at radius 2 is 1.52 bits per heavy atom. The van der Waals surface area contributed by atoms with Gasteiger partial charge < -0.3 is 18.9 Å². The molecule has 0 atom stereocenters. The highest BCUT2D eigenvalue weighted by Gasteiger charge is 2.37. The quantitative estimate of drug-likeness (QED) is 0.0843. The molecule has 46 heavy (non-hydrogen) atoms. The Balaban J connectivity index is 1.33. The Hall–Kier alpha value is -5.69. The number of anilines is 1. The molecule has 0 spiro atoms. The van der Waals surface area contributed by atoms with Crippen molar-refractivity contribution in [2.75, 3.05) is 19.1 Å². The van der Waals surface area contributed by atoms with Gasteiger partial charge in [0.05, 0.1) is 29.3 Å². The van der Waals surface area contributed by atoms with Gasteiger partial charge in [0.15, 0.2) is 23.0 Å². The Morgan fingerprint density at radius 1 is 0.826 bits per heavy atom. The molecule has 1 saturated heterocycles. The lowest BCUT2D eigenvalue weighted by atomic mass is 10.1. The summed E-state index contributed by atoms with van der Waals surface area (Å²) in [5.41, 5.74) is 1.72. The number of amides is 4. The fraction of sp³-hybridized carbons (Fsp3) is 0.121. The second-order valence-electron chi connectivity index (χ2n) is 9.81. The van der Waals surface area contributed by atoms with Crippen LogP contribution in [0.3, 0.4) is 0 Å². The zero-order valence-electron chi connectivity index (χ0n) is 24.5. The summed E-state index contributed by atoms with van der Waals surface area (Å²) < 4.78 is 23.5. The van der Waals surface area contributed by atoms with E-state index in [-0.39, 0.29) is 23.6 Å². The van der Waals surface area contributed by atoms with Gasteiger partial charge in [-0.25, -0.2) is 9.69 Å². The zero-order chi connectivity index (χ0) is 32.8. The summed E-state index contributed by atoms with van der Waals surface area (Å²) in [7, 11) is 3.00. The Labute approximate surface area is 271 Å². The monoisotopic (exact) mass is 687 g/mol. The van der Waals surface area contributed by atoms with Gasteiger partial charge in [0, 0.05) is 12.1 Å². The van der Waals surface area contributed by atoms with Crippen LogP contribution >= 0.6 is 15.9 Å².